The first-order valence-corrected chi connectivity index (χ1v) is 11.6. The van der Waals surface area contributed by atoms with Gasteiger partial charge in [0, 0.05) is 10.4 Å². The molecule has 1 amide bonds. The summed E-state index contributed by atoms with van der Waals surface area (Å²) in [5.74, 6) is 0.590. The van der Waals surface area contributed by atoms with E-state index in [9.17, 15) is 10.1 Å². The predicted octanol–water partition coefficient (Wildman–Crippen LogP) is 6.44. The van der Waals surface area contributed by atoms with E-state index in [0.717, 1.165) is 24.8 Å². The number of thiophene rings is 1. The molecular weight excluding hydrogens is 473 g/mol. The number of carbonyl (C=O) groups excluding carboxylic acids is 1. The molecular formula is C22H17Cl2N3O2S2. The van der Waals surface area contributed by atoms with Crippen LogP contribution in [0.3, 0.4) is 0 Å². The summed E-state index contributed by atoms with van der Waals surface area (Å²) in [5.41, 5.74) is 2.29. The molecule has 158 valence electrons. The molecule has 9 heteroatoms. The van der Waals surface area contributed by atoms with Crippen molar-refractivity contribution in [2.75, 3.05) is 5.32 Å². The predicted molar refractivity (Wildman–Crippen MR) is 128 cm³/mol. The maximum Gasteiger partial charge on any atom is 0.293 e. The standard InChI is InChI=1S/C22H17Cl2N3O2S2/c1-11-5-6-12-14(10-25)21(31-18(12)9-11)27-22(30)26-20(28)17-8-7-16(29-17)13-3-2-4-15(23)19(13)24/h2-4,7-8,11H,5-6,9H2,1H3,(H2,26,27,28,30). The van der Waals surface area contributed by atoms with E-state index in [1.807, 2.05) is 0 Å². The van der Waals surface area contributed by atoms with E-state index >= 15 is 0 Å². The van der Waals surface area contributed by atoms with Crippen LogP contribution in [0.2, 0.25) is 10.0 Å². The van der Waals surface area contributed by atoms with Crippen LogP contribution >= 0.6 is 46.8 Å². The SMILES string of the molecule is CC1CCc2c(sc(NC(=S)NC(=O)c3ccc(-c4cccc(Cl)c4Cl)o3)c2C#N)C1. The largest absolute Gasteiger partial charge is 0.451 e. The molecule has 2 heterocycles. The second kappa shape index (κ2) is 9.01. The number of hydrogen-bond donors (Lipinski definition) is 2. The summed E-state index contributed by atoms with van der Waals surface area (Å²) in [6.45, 7) is 2.21. The van der Waals surface area contributed by atoms with E-state index in [-0.39, 0.29) is 10.9 Å². The Hall–Kier alpha value is -2.37. The Kier molecular flexibility index (Phi) is 6.35. The molecule has 0 saturated carbocycles. The van der Waals surface area contributed by atoms with Crippen molar-refractivity contribution in [1.29, 1.82) is 5.26 Å². The van der Waals surface area contributed by atoms with Crippen LogP contribution in [-0.2, 0) is 12.8 Å². The Morgan fingerprint density at radius 1 is 1.32 bits per heavy atom. The molecule has 1 unspecified atom stereocenters. The summed E-state index contributed by atoms with van der Waals surface area (Å²) in [5, 5.41) is 16.7. The second-order valence-electron chi connectivity index (χ2n) is 7.34. The monoisotopic (exact) mass is 489 g/mol. The number of halogens is 2. The van der Waals surface area contributed by atoms with Crippen molar-refractivity contribution >= 4 is 62.8 Å². The van der Waals surface area contributed by atoms with Gasteiger partial charge in [-0.3, -0.25) is 10.1 Å². The number of benzene rings is 1. The zero-order chi connectivity index (χ0) is 22.1. The number of thiocarbonyl (C=S) groups is 1. The van der Waals surface area contributed by atoms with Gasteiger partial charge in [0.15, 0.2) is 10.9 Å². The molecule has 5 nitrogen and oxygen atoms in total. The molecule has 3 aromatic rings. The number of anilines is 1. The third-order valence-electron chi connectivity index (χ3n) is 5.12. The Labute approximate surface area is 199 Å². The lowest BCUT2D eigenvalue weighted by molar-refractivity contribution is 0.0951. The lowest BCUT2D eigenvalue weighted by atomic mass is 9.89. The molecule has 0 saturated heterocycles. The lowest BCUT2D eigenvalue weighted by Gasteiger charge is -2.17. The van der Waals surface area contributed by atoms with E-state index < -0.39 is 5.91 Å². The van der Waals surface area contributed by atoms with Gasteiger partial charge >= 0.3 is 0 Å². The number of fused-ring (bicyclic) bond motifs is 1. The minimum absolute atomic E-state index is 0.0787. The highest BCUT2D eigenvalue weighted by atomic mass is 35.5. The normalized spacial score (nSPS) is 15.1. The smallest absolute Gasteiger partial charge is 0.293 e. The van der Waals surface area contributed by atoms with Crippen molar-refractivity contribution in [1.82, 2.24) is 5.32 Å². The van der Waals surface area contributed by atoms with Gasteiger partial charge in [0.2, 0.25) is 0 Å². The first kappa shape index (κ1) is 21.8. The van der Waals surface area contributed by atoms with Crippen molar-refractivity contribution < 1.29 is 9.21 Å². The highest BCUT2D eigenvalue weighted by molar-refractivity contribution is 7.80. The van der Waals surface area contributed by atoms with Crippen LogP contribution in [0.5, 0.6) is 0 Å². The average Bonchev–Trinajstić information content (AvgIpc) is 3.34. The van der Waals surface area contributed by atoms with Crippen LogP contribution < -0.4 is 10.6 Å². The van der Waals surface area contributed by atoms with Crippen LogP contribution in [0.4, 0.5) is 5.00 Å². The molecule has 1 atom stereocenters. The Balaban J connectivity index is 1.47. The third kappa shape index (κ3) is 4.48. The van der Waals surface area contributed by atoms with Crippen molar-refractivity contribution in [3.63, 3.8) is 0 Å². The summed E-state index contributed by atoms with van der Waals surface area (Å²) in [6.07, 6.45) is 2.91. The molecule has 0 radical (unpaired) electrons. The topological polar surface area (TPSA) is 78.1 Å². The van der Waals surface area contributed by atoms with Gasteiger partial charge < -0.3 is 9.73 Å². The van der Waals surface area contributed by atoms with Crippen LogP contribution in [0.1, 0.15) is 39.9 Å². The van der Waals surface area contributed by atoms with Gasteiger partial charge in [0.1, 0.15) is 16.8 Å². The van der Waals surface area contributed by atoms with Crippen LogP contribution in [0.25, 0.3) is 11.3 Å². The molecule has 0 bridgehead atoms. The van der Waals surface area contributed by atoms with E-state index in [1.54, 1.807) is 24.3 Å². The van der Waals surface area contributed by atoms with Gasteiger partial charge in [0.25, 0.3) is 5.91 Å². The minimum atomic E-state index is -0.504. The number of carbonyl (C=O) groups is 1. The highest BCUT2D eigenvalue weighted by Crippen LogP contribution is 2.39. The van der Waals surface area contributed by atoms with Gasteiger partial charge in [-0.2, -0.15) is 5.26 Å². The zero-order valence-electron chi connectivity index (χ0n) is 16.4. The summed E-state index contributed by atoms with van der Waals surface area (Å²) >= 11 is 19.1. The van der Waals surface area contributed by atoms with Crippen molar-refractivity contribution in [3.05, 3.63) is 62.1 Å². The number of nitriles is 1. The summed E-state index contributed by atoms with van der Waals surface area (Å²) in [4.78, 5) is 13.8. The Morgan fingerprint density at radius 2 is 2.13 bits per heavy atom. The quantitative estimate of drug-likeness (QED) is 0.413. The van der Waals surface area contributed by atoms with Crippen molar-refractivity contribution in [2.24, 2.45) is 5.92 Å². The van der Waals surface area contributed by atoms with Gasteiger partial charge in [-0.25, -0.2) is 0 Å². The minimum Gasteiger partial charge on any atom is -0.451 e. The molecule has 1 aliphatic rings. The van der Waals surface area contributed by atoms with Crippen LogP contribution in [0, 0.1) is 17.2 Å². The molecule has 0 spiro atoms. The van der Waals surface area contributed by atoms with E-state index in [1.165, 1.54) is 22.3 Å². The number of amides is 1. The maximum absolute atomic E-state index is 12.6. The van der Waals surface area contributed by atoms with Gasteiger partial charge in [-0.15, -0.1) is 11.3 Å². The Bertz CT molecular complexity index is 1230. The fourth-order valence-corrected chi connectivity index (χ4v) is 5.57. The number of hydrogen-bond acceptors (Lipinski definition) is 5. The first-order valence-electron chi connectivity index (χ1n) is 9.58. The van der Waals surface area contributed by atoms with Crippen molar-refractivity contribution in [2.45, 2.75) is 26.2 Å². The number of nitrogens with one attached hydrogen (secondary N) is 2. The van der Waals surface area contributed by atoms with Gasteiger partial charge in [-0.05, 0) is 67.2 Å². The fraction of sp³-hybridized carbons (Fsp3) is 0.227. The fourth-order valence-electron chi connectivity index (χ4n) is 3.55. The first-order chi connectivity index (χ1) is 14.9. The zero-order valence-corrected chi connectivity index (χ0v) is 19.6. The number of furan rings is 1. The third-order valence-corrected chi connectivity index (χ3v) is 7.32. The number of rotatable bonds is 3. The maximum atomic E-state index is 12.6. The molecule has 0 fully saturated rings. The second-order valence-corrected chi connectivity index (χ2v) is 9.64. The lowest BCUT2D eigenvalue weighted by Crippen LogP contribution is -2.33. The molecule has 1 aliphatic carbocycles. The highest BCUT2D eigenvalue weighted by Gasteiger charge is 2.24. The van der Waals surface area contributed by atoms with E-state index in [4.69, 9.17) is 39.8 Å². The van der Waals surface area contributed by atoms with E-state index in [2.05, 4.69) is 23.6 Å². The molecule has 1 aromatic carbocycles. The average molecular weight is 490 g/mol. The van der Waals surface area contributed by atoms with Gasteiger partial charge in [0.05, 0.1) is 15.6 Å². The molecule has 0 aliphatic heterocycles. The van der Waals surface area contributed by atoms with Gasteiger partial charge in [-0.1, -0.05) is 36.2 Å². The summed E-state index contributed by atoms with van der Waals surface area (Å²) in [6, 6.07) is 10.6. The molecule has 2 N–H and O–H groups in total. The molecule has 31 heavy (non-hydrogen) atoms. The van der Waals surface area contributed by atoms with Crippen LogP contribution in [-0.4, -0.2) is 11.0 Å². The van der Waals surface area contributed by atoms with E-state index in [0.29, 0.717) is 37.9 Å². The summed E-state index contributed by atoms with van der Waals surface area (Å²) < 4.78 is 5.65. The Morgan fingerprint density at radius 3 is 2.90 bits per heavy atom. The van der Waals surface area contributed by atoms with Crippen molar-refractivity contribution in [3.8, 4) is 17.4 Å². The molecule has 2 aromatic heterocycles. The molecule has 4 rings (SSSR count). The number of nitrogens with zero attached hydrogens (tertiary/aromatic N) is 1. The van der Waals surface area contributed by atoms with Crippen LogP contribution in [0.15, 0.2) is 34.7 Å². The summed E-state index contributed by atoms with van der Waals surface area (Å²) in [7, 11) is 0.